The van der Waals surface area contributed by atoms with Crippen molar-refractivity contribution in [3.05, 3.63) is 58.8 Å². The minimum Gasteiger partial charge on any atom is -0.481 e. The summed E-state index contributed by atoms with van der Waals surface area (Å²) in [7, 11) is 1.77. The lowest BCUT2D eigenvalue weighted by atomic mass is 10.2. The van der Waals surface area contributed by atoms with E-state index in [0.717, 1.165) is 10.0 Å². The summed E-state index contributed by atoms with van der Waals surface area (Å²) in [6.45, 7) is 2.29. The molecule has 21 heavy (non-hydrogen) atoms. The number of carbonyl (C=O) groups excluding carboxylic acids is 1. The monoisotopic (exact) mass is 348 g/mol. The van der Waals surface area contributed by atoms with Crippen molar-refractivity contribution < 1.29 is 9.53 Å². The second-order valence-electron chi connectivity index (χ2n) is 4.77. The zero-order chi connectivity index (χ0) is 15.2. The summed E-state index contributed by atoms with van der Waals surface area (Å²) in [4.78, 5) is 17.9. The number of hydrogen-bond donors (Lipinski definition) is 0. The summed E-state index contributed by atoms with van der Waals surface area (Å²) in [5.74, 6) is 0.606. The highest BCUT2D eigenvalue weighted by atomic mass is 79.9. The lowest BCUT2D eigenvalue weighted by molar-refractivity contribution is -0.137. The van der Waals surface area contributed by atoms with Crippen LogP contribution in [0.2, 0.25) is 0 Å². The molecule has 0 aliphatic heterocycles. The molecule has 4 nitrogen and oxygen atoms in total. The largest absolute Gasteiger partial charge is 0.481 e. The molecule has 1 unspecified atom stereocenters. The molecule has 0 spiro atoms. The van der Waals surface area contributed by atoms with Gasteiger partial charge in [0.25, 0.3) is 5.91 Å². The van der Waals surface area contributed by atoms with Crippen molar-refractivity contribution in [2.45, 2.75) is 19.6 Å². The number of benzene rings is 1. The van der Waals surface area contributed by atoms with Crippen LogP contribution in [0.4, 0.5) is 0 Å². The number of nitrogens with zero attached hydrogens (tertiary/aromatic N) is 2. The third-order valence-corrected chi connectivity index (χ3v) is 3.50. The van der Waals surface area contributed by atoms with Crippen molar-refractivity contribution >= 4 is 21.8 Å². The molecule has 1 aromatic heterocycles. The third-order valence-electron chi connectivity index (χ3n) is 3.00. The fourth-order valence-electron chi connectivity index (χ4n) is 1.95. The zero-order valence-electron chi connectivity index (χ0n) is 12.0. The van der Waals surface area contributed by atoms with E-state index in [1.807, 2.05) is 36.4 Å². The van der Waals surface area contributed by atoms with Crippen molar-refractivity contribution in [2.24, 2.45) is 0 Å². The number of carbonyl (C=O) groups is 1. The number of hydrogen-bond acceptors (Lipinski definition) is 3. The predicted octanol–water partition coefficient (Wildman–Crippen LogP) is 3.27. The molecule has 0 aliphatic rings. The smallest absolute Gasteiger partial charge is 0.263 e. The highest BCUT2D eigenvalue weighted by Gasteiger charge is 2.19. The Hall–Kier alpha value is -1.88. The highest BCUT2D eigenvalue weighted by molar-refractivity contribution is 9.10. The highest BCUT2D eigenvalue weighted by Crippen LogP contribution is 2.19. The Morgan fingerprint density at radius 2 is 2.05 bits per heavy atom. The zero-order valence-corrected chi connectivity index (χ0v) is 13.6. The molecule has 1 atom stereocenters. The fraction of sp³-hybridized carbons (Fsp3) is 0.250. The Labute approximate surface area is 132 Å². The Balaban J connectivity index is 1.95. The first-order valence-electron chi connectivity index (χ1n) is 6.62. The van der Waals surface area contributed by atoms with E-state index in [1.54, 1.807) is 31.3 Å². The fourth-order valence-corrected chi connectivity index (χ4v) is 2.32. The number of halogens is 1. The van der Waals surface area contributed by atoms with Crippen LogP contribution in [-0.2, 0) is 11.3 Å². The van der Waals surface area contributed by atoms with Gasteiger partial charge < -0.3 is 9.64 Å². The quantitative estimate of drug-likeness (QED) is 0.832. The van der Waals surface area contributed by atoms with Crippen LogP contribution in [-0.4, -0.2) is 28.9 Å². The molecule has 1 amide bonds. The average Bonchev–Trinajstić information content (AvgIpc) is 2.47. The van der Waals surface area contributed by atoms with E-state index in [9.17, 15) is 4.79 Å². The summed E-state index contributed by atoms with van der Waals surface area (Å²) in [6.07, 6.45) is 2.90. The van der Waals surface area contributed by atoms with Crippen LogP contribution in [0.1, 0.15) is 12.5 Å². The minimum absolute atomic E-state index is 0.0632. The molecule has 1 aromatic carbocycles. The van der Waals surface area contributed by atoms with Gasteiger partial charge in [0, 0.05) is 30.5 Å². The van der Waals surface area contributed by atoms with Crippen LogP contribution in [0.25, 0.3) is 0 Å². The molecule has 1 heterocycles. The van der Waals surface area contributed by atoms with E-state index in [0.29, 0.717) is 12.3 Å². The summed E-state index contributed by atoms with van der Waals surface area (Å²) in [5, 5.41) is 0. The molecule has 0 aliphatic carbocycles. The van der Waals surface area contributed by atoms with E-state index in [4.69, 9.17) is 4.74 Å². The summed E-state index contributed by atoms with van der Waals surface area (Å²) in [6, 6.07) is 11.2. The van der Waals surface area contributed by atoms with Crippen LogP contribution in [0, 0.1) is 0 Å². The number of pyridine rings is 1. The van der Waals surface area contributed by atoms with Crippen molar-refractivity contribution in [3.63, 3.8) is 0 Å². The molecule has 0 N–H and O–H groups in total. The van der Waals surface area contributed by atoms with Gasteiger partial charge in [0.05, 0.1) is 0 Å². The number of likely N-dealkylation sites (N-methyl/N-ethyl adjacent to an activating group) is 1. The van der Waals surface area contributed by atoms with Crippen molar-refractivity contribution in [1.29, 1.82) is 0 Å². The maximum Gasteiger partial charge on any atom is 0.263 e. The number of ether oxygens (including phenoxy) is 1. The van der Waals surface area contributed by atoms with E-state index in [-0.39, 0.29) is 5.91 Å². The van der Waals surface area contributed by atoms with Gasteiger partial charge in [-0.3, -0.25) is 9.78 Å². The maximum atomic E-state index is 12.3. The molecule has 110 valence electrons. The Kier molecular flexibility index (Phi) is 5.33. The van der Waals surface area contributed by atoms with Gasteiger partial charge in [0.1, 0.15) is 5.75 Å². The van der Waals surface area contributed by atoms with Crippen LogP contribution in [0.15, 0.2) is 53.3 Å². The second-order valence-corrected chi connectivity index (χ2v) is 5.68. The van der Waals surface area contributed by atoms with Crippen molar-refractivity contribution in [1.82, 2.24) is 9.88 Å². The van der Waals surface area contributed by atoms with Crippen LogP contribution in [0.3, 0.4) is 0 Å². The van der Waals surface area contributed by atoms with Crippen LogP contribution < -0.4 is 4.74 Å². The molecule has 0 saturated carbocycles. The summed E-state index contributed by atoms with van der Waals surface area (Å²) < 4.78 is 6.60. The SMILES string of the molecule is CC(Oc1cccc(Br)c1)C(=O)N(C)Cc1ccncc1. The van der Waals surface area contributed by atoms with E-state index >= 15 is 0 Å². The van der Waals surface area contributed by atoms with Gasteiger partial charge in [0.15, 0.2) is 6.10 Å². The lowest BCUT2D eigenvalue weighted by Gasteiger charge is -2.22. The van der Waals surface area contributed by atoms with Crippen molar-refractivity contribution in [2.75, 3.05) is 7.05 Å². The first-order valence-corrected chi connectivity index (χ1v) is 7.41. The van der Waals surface area contributed by atoms with E-state index < -0.39 is 6.10 Å². The van der Waals surface area contributed by atoms with Gasteiger partial charge in [-0.25, -0.2) is 0 Å². The standard InChI is InChI=1S/C16H17BrN2O2/c1-12(21-15-5-3-4-14(17)10-15)16(20)19(2)11-13-6-8-18-9-7-13/h3-10,12H,11H2,1-2H3. The van der Waals surface area contributed by atoms with E-state index in [2.05, 4.69) is 20.9 Å². The first-order chi connectivity index (χ1) is 10.1. The summed E-state index contributed by atoms with van der Waals surface area (Å²) >= 11 is 3.38. The lowest BCUT2D eigenvalue weighted by Crippen LogP contribution is -2.37. The van der Waals surface area contributed by atoms with Gasteiger partial charge >= 0.3 is 0 Å². The predicted molar refractivity (Wildman–Crippen MR) is 84.9 cm³/mol. The Morgan fingerprint density at radius 3 is 2.71 bits per heavy atom. The molecular formula is C16H17BrN2O2. The molecular weight excluding hydrogens is 332 g/mol. The molecule has 0 fully saturated rings. The van der Waals surface area contributed by atoms with E-state index in [1.165, 1.54) is 0 Å². The Bertz CT molecular complexity index is 604. The normalized spacial score (nSPS) is 11.8. The molecule has 0 radical (unpaired) electrons. The number of amides is 1. The Morgan fingerprint density at radius 1 is 1.33 bits per heavy atom. The van der Waals surface area contributed by atoms with Gasteiger partial charge in [-0.1, -0.05) is 22.0 Å². The third kappa shape index (κ3) is 4.56. The molecule has 5 heteroatoms. The number of aromatic nitrogens is 1. The maximum absolute atomic E-state index is 12.3. The van der Waals surface area contributed by atoms with Gasteiger partial charge in [-0.15, -0.1) is 0 Å². The number of rotatable bonds is 5. The second kappa shape index (κ2) is 7.22. The topological polar surface area (TPSA) is 42.4 Å². The van der Waals surface area contributed by atoms with Crippen molar-refractivity contribution in [3.8, 4) is 5.75 Å². The molecule has 0 bridgehead atoms. The first kappa shape index (κ1) is 15.5. The minimum atomic E-state index is -0.536. The van der Waals surface area contributed by atoms with Gasteiger partial charge in [-0.2, -0.15) is 0 Å². The molecule has 2 rings (SSSR count). The average molecular weight is 349 g/mol. The van der Waals surface area contributed by atoms with Crippen LogP contribution >= 0.6 is 15.9 Å². The van der Waals surface area contributed by atoms with Gasteiger partial charge in [-0.05, 0) is 42.8 Å². The molecule has 2 aromatic rings. The molecule has 0 saturated heterocycles. The van der Waals surface area contributed by atoms with Gasteiger partial charge in [0.2, 0.25) is 0 Å². The summed E-state index contributed by atoms with van der Waals surface area (Å²) in [5.41, 5.74) is 1.04. The van der Waals surface area contributed by atoms with Crippen LogP contribution in [0.5, 0.6) is 5.75 Å².